The van der Waals surface area contributed by atoms with E-state index >= 15 is 0 Å². The molecule has 1 N–H and O–H groups in total. The maximum absolute atomic E-state index is 5.47. The number of pyridine rings is 1. The predicted molar refractivity (Wildman–Crippen MR) is 102 cm³/mol. The van der Waals surface area contributed by atoms with Gasteiger partial charge in [0.1, 0.15) is 0 Å². The van der Waals surface area contributed by atoms with Gasteiger partial charge in [0, 0.05) is 37.6 Å². The Kier molecular flexibility index (Phi) is 7.01. The second-order valence-electron chi connectivity index (χ2n) is 5.72. The first-order valence-electron chi connectivity index (χ1n) is 8.20. The minimum atomic E-state index is 0.738. The molecular weight excluding hydrogens is 302 g/mol. The molecule has 0 atom stereocenters. The highest BCUT2D eigenvalue weighted by Gasteiger charge is 2.05. The molecule has 0 saturated heterocycles. The van der Waals surface area contributed by atoms with Gasteiger partial charge in [-0.15, -0.1) is 0 Å². The molecule has 0 unspecified atom stereocenters. The lowest BCUT2D eigenvalue weighted by Crippen LogP contribution is -2.32. The number of likely N-dealkylation sites (N-methyl/N-ethyl adjacent to an activating group) is 1. The standard InChI is InChI=1S/C19H25N3S/c1-3-4-7-16-9-11-18(12-10-16)21-19(23)22(2)15-13-17-8-5-6-14-20-17/h5-6,8-12,14H,3-4,7,13,15H2,1-2H3,(H,21,23). The van der Waals surface area contributed by atoms with Gasteiger partial charge in [0.2, 0.25) is 0 Å². The number of thiocarbonyl (C=S) groups is 1. The molecule has 0 aliphatic heterocycles. The number of unbranched alkanes of at least 4 members (excludes halogenated alkanes) is 1. The quantitative estimate of drug-likeness (QED) is 0.768. The third kappa shape index (κ3) is 5.99. The number of nitrogens with zero attached hydrogens (tertiary/aromatic N) is 2. The second-order valence-corrected chi connectivity index (χ2v) is 6.11. The largest absolute Gasteiger partial charge is 0.352 e. The maximum atomic E-state index is 5.47. The van der Waals surface area contributed by atoms with Gasteiger partial charge < -0.3 is 10.2 Å². The van der Waals surface area contributed by atoms with Crippen molar-refractivity contribution < 1.29 is 0 Å². The summed E-state index contributed by atoms with van der Waals surface area (Å²) >= 11 is 5.47. The Morgan fingerprint density at radius 2 is 1.91 bits per heavy atom. The first kappa shape index (κ1) is 17.4. The smallest absolute Gasteiger partial charge is 0.173 e. The van der Waals surface area contributed by atoms with Gasteiger partial charge in [-0.25, -0.2) is 0 Å². The Hall–Kier alpha value is -1.94. The molecule has 122 valence electrons. The molecule has 23 heavy (non-hydrogen) atoms. The molecular formula is C19H25N3S. The van der Waals surface area contributed by atoms with E-state index in [0.717, 1.165) is 35.9 Å². The van der Waals surface area contributed by atoms with Crippen LogP contribution in [0.25, 0.3) is 0 Å². The number of nitrogens with one attached hydrogen (secondary N) is 1. The van der Waals surface area contributed by atoms with Gasteiger partial charge in [-0.2, -0.15) is 0 Å². The Balaban J connectivity index is 1.81. The molecule has 3 nitrogen and oxygen atoms in total. The van der Waals surface area contributed by atoms with Crippen LogP contribution in [-0.4, -0.2) is 28.6 Å². The molecule has 1 heterocycles. The number of hydrogen-bond acceptors (Lipinski definition) is 2. The van der Waals surface area contributed by atoms with E-state index in [1.807, 2.05) is 31.4 Å². The van der Waals surface area contributed by atoms with Gasteiger partial charge in [0.05, 0.1) is 0 Å². The van der Waals surface area contributed by atoms with Crippen molar-refractivity contribution in [3.63, 3.8) is 0 Å². The highest BCUT2D eigenvalue weighted by molar-refractivity contribution is 7.80. The topological polar surface area (TPSA) is 28.2 Å². The van der Waals surface area contributed by atoms with Crippen LogP contribution in [0.15, 0.2) is 48.7 Å². The van der Waals surface area contributed by atoms with Crippen LogP contribution in [0.3, 0.4) is 0 Å². The van der Waals surface area contributed by atoms with Gasteiger partial charge in [-0.1, -0.05) is 31.5 Å². The predicted octanol–water partition coefficient (Wildman–Crippen LogP) is 4.30. The van der Waals surface area contributed by atoms with Gasteiger partial charge >= 0.3 is 0 Å². The van der Waals surface area contributed by atoms with Crippen LogP contribution in [-0.2, 0) is 12.8 Å². The Labute approximate surface area is 144 Å². The van der Waals surface area contributed by atoms with E-state index in [1.54, 1.807) is 0 Å². The zero-order valence-corrected chi connectivity index (χ0v) is 14.8. The van der Waals surface area contributed by atoms with Gasteiger partial charge in [0.15, 0.2) is 5.11 Å². The lowest BCUT2D eigenvalue weighted by atomic mass is 10.1. The van der Waals surface area contributed by atoms with Crippen LogP contribution in [0.4, 0.5) is 5.69 Å². The molecule has 0 aliphatic rings. The van der Waals surface area contributed by atoms with E-state index in [1.165, 1.54) is 18.4 Å². The highest BCUT2D eigenvalue weighted by atomic mass is 32.1. The van der Waals surface area contributed by atoms with Gasteiger partial charge in [-0.05, 0) is 54.9 Å². The summed E-state index contributed by atoms with van der Waals surface area (Å²) in [5.74, 6) is 0. The van der Waals surface area contributed by atoms with Crippen molar-refractivity contribution in [1.82, 2.24) is 9.88 Å². The molecule has 1 aromatic heterocycles. The minimum Gasteiger partial charge on any atom is -0.352 e. The normalized spacial score (nSPS) is 10.3. The maximum Gasteiger partial charge on any atom is 0.173 e. The molecule has 0 bridgehead atoms. The molecule has 0 amide bonds. The molecule has 2 aromatic rings. The Morgan fingerprint density at radius 3 is 2.57 bits per heavy atom. The summed E-state index contributed by atoms with van der Waals surface area (Å²) in [5, 5.41) is 4.04. The monoisotopic (exact) mass is 327 g/mol. The summed E-state index contributed by atoms with van der Waals surface area (Å²) < 4.78 is 0. The zero-order valence-electron chi connectivity index (χ0n) is 14.0. The first-order valence-corrected chi connectivity index (χ1v) is 8.61. The fraction of sp³-hybridized carbons (Fsp3) is 0.368. The van der Waals surface area contributed by atoms with Crippen molar-refractivity contribution in [2.75, 3.05) is 18.9 Å². The average molecular weight is 327 g/mol. The molecule has 1 aromatic carbocycles. The SMILES string of the molecule is CCCCc1ccc(NC(=S)N(C)CCc2ccccn2)cc1. The van der Waals surface area contributed by atoms with E-state index in [-0.39, 0.29) is 0 Å². The molecule has 2 rings (SSSR count). The first-order chi connectivity index (χ1) is 11.2. The fourth-order valence-corrected chi connectivity index (χ4v) is 2.49. The van der Waals surface area contributed by atoms with E-state index < -0.39 is 0 Å². The van der Waals surface area contributed by atoms with Crippen molar-refractivity contribution in [1.29, 1.82) is 0 Å². The summed E-state index contributed by atoms with van der Waals surface area (Å²) in [7, 11) is 2.01. The molecule has 0 aliphatic carbocycles. The van der Waals surface area contributed by atoms with Gasteiger partial charge in [-0.3, -0.25) is 4.98 Å². The van der Waals surface area contributed by atoms with Gasteiger partial charge in [0.25, 0.3) is 0 Å². The summed E-state index contributed by atoms with van der Waals surface area (Å²) in [6, 6.07) is 14.5. The minimum absolute atomic E-state index is 0.738. The number of rotatable bonds is 7. The molecule has 0 radical (unpaired) electrons. The van der Waals surface area contributed by atoms with Crippen molar-refractivity contribution >= 4 is 23.0 Å². The van der Waals surface area contributed by atoms with Crippen molar-refractivity contribution in [3.8, 4) is 0 Å². The summed E-state index contributed by atoms with van der Waals surface area (Å²) in [4.78, 5) is 6.39. The average Bonchev–Trinajstić information content (AvgIpc) is 2.60. The van der Waals surface area contributed by atoms with Crippen molar-refractivity contribution in [2.24, 2.45) is 0 Å². The van der Waals surface area contributed by atoms with Crippen LogP contribution in [0.1, 0.15) is 31.0 Å². The van der Waals surface area contributed by atoms with E-state index in [9.17, 15) is 0 Å². The second kappa shape index (κ2) is 9.26. The summed E-state index contributed by atoms with van der Waals surface area (Å²) in [5.41, 5.74) is 3.51. The molecule has 0 saturated carbocycles. The number of hydrogen-bond donors (Lipinski definition) is 1. The summed E-state index contributed by atoms with van der Waals surface area (Å²) in [6.07, 6.45) is 6.32. The van der Waals surface area contributed by atoms with Crippen molar-refractivity contribution in [3.05, 3.63) is 59.9 Å². The highest BCUT2D eigenvalue weighted by Crippen LogP contribution is 2.12. The number of anilines is 1. The van der Waals surface area contributed by atoms with E-state index in [0.29, 0.717) is 0 Å². The fourth-order valence-electron chi connectivity index (χ4n) is 2.28. The third-order valence-corrected chi connectivity index (χ3v) is 4.21. The molecule has 0 spiro atoms. The molecule has 0 fully saturated rings. The lowest BCUT2D eigenvalue weighted by Gasteiger charge is -2.21. The summed E-state index contributed by atoms with van der Waals surface area (Å²) in [6.45, 7) is 3.06. The number of benzene rings is 1. The Bertz CT molecular complexity index is 596. The number of aryl methyl sites for hydroxylation is 1. The van der Waals surface area contributed by atoms with Crippen molar-refractivity contribution in [2.45, 2.75) is 32.6 Å². The Morgan fingerprint density at radius 1 is 1.13 bits per heavy atom. The van der Waals surface area contributed by atoms with Crippen LogP contribution in [0.2, 0.25) is 0 Å². The van der Waals surface area contributed by atoms with Crippen LogP contribution in [0, 0.1) is 0 Å². The van der Waals surface area contributed by atoms with Crippen LogP contribution < -0.4 is 5.32 Å². The van der Waals surface area contributed by atoms with E-state index in [4.69, 9.17) is 12.2 Å². The third-order valence-electron chi connectivity index (χ3n) is 3.80. The van der Waals surface area contributed by atoms with Crippen LogP contribution in [0.5, 0.6) is 0 Å². The lowest BCUT2D eigenvalue weighted by molar-refractivity contribution is 0.512. The van der Waals surface area contributed by atoms with Crippen LogP contribution >= 0.6 is 12.2 Å². The van der Waals surface area contributed by atoms with E-state index in [2.05, 4.69) is 46.4 Å². The molecule has 4 heteroatoms. The zero-order chi connectivity index (χ0) is 16.5. The number of aromatic nitrogens is 1.